The van der Waals surface area contributed by atoms with Crippen molar-refractivity contribution in [3.8, 4) is 5.75 Å². The number of methoxy groups -OCH3 is 1. The van der Waals surface area contributed by atoms with Gasteiger partial charge < -0.3 is 20.3 Å². The molecule has 0 aliphatic heterocycles. The molecule has 134 valence electrons. The van der Waals surface area contributed by atoms with E-state index in [4.69, 9.17) is 47.7 Å². The number of benzene rings is 2. The second-order valence-corrected chi connectivity index (χ2v) is 5.56. The Hall–Kier alpha value is -2.28. The molecular weight excluding hydrogens is 369 g/mol. The van der Waals surface area contributed by atoms with Gasteiger partial charge in [-0.2, -0.15) is 0 Å². The van der Waals surface area contributed by atoms with Gasteiger partial charge in [-0.15, -0.1) is 0 Å². The van der Waals surface area contributed by atoms with Gasteiger partial charge in [-0.05, 0) is 29.3 Å². The number of carboxylic acid groups (broad SMARTS) is 2. The van der Waals surface area contributed by atoms with Gasteiger partial charge >= 0.3 is 11.9 Å². The quantitative estimate of drug-likeness (QED) is 0.682. The highest BCUT2D eigenvalue weighted by atomic mass is 35.5. The Labute approximate surface area is 155 Å². The molecule has 0 unspecified atom stereocenters. The van der Waals surface area contributed by atoms with Crippen LogP contribution in [0, 0.1) is 0 Å². The van der Waals surface area contributed by atoms with Crippen LogP contribution in [0.4, 0.5) is 0 Å². The molecule has 6 nitrogen and oxygen atoms in total. The maximum Gasteiger partial charge on any atom is 0.414 e. The van der Waals surface area contributed by atoms with Gasteiger partial charge in [-0.25, -0.2) is 9.59 Å². The van der Waals surface area contributed by atoms with E-state index in [0.717, 1.165) is 17.9 Å². The number of ether oxygens (including phenoxy) is 1. The van der Waals surface area contributed by atoms with Crippen molar-refractivity contribution in [1.29, 1.82) is 0 Å². The molecule has 0 aromatic heterocycles. The van der Waals surface area contributed by atoms with Crippen LogP contribution in [-0.2, 0) is 22.7 Å². The zero-order valence-corrected chi connectivity index (χ0v) is 14.8. The van der Waals surface area contributed by atoms with E-state index in [2.05, 4.69) is 5.32 Å². The molecule has 3 N–H and O–H groups in total. The fourth-order valence-electron chi connectivity index (χ4n) is 1.77. The summed E-state index contributed by atoms with van der Waals surface area (Å²) >= 11 is 12.1. The standard InChI is InChI=1S/C15H15Cl2NO.C2H2O4/c1-19-13-7-5-11(6-8-13)9-18-10-12-3-2-4-14(16)15(12)17;3-1(4)2(5)6/h2-8,18H,9-10H2,1H3;(H,3,4)(H,5,6). The molecule has 2 rings (SSSR count). The van der Waals surface area contributed by atoms with Crippen molar-refractivity contribution in [2.24, 2.45) is 0 Å². The summed E-state index contributed by atoms with van der Waals surface area (Å²) in [6.45, 7) is 1.46. The van der Waals surface area contributed by atoms with Gasteiger partial charge in [0, 0.05) is 13.1 Å². The van der Waals surface area contributed by atoms with E-state index in [1.54, 1.807) is 13.2 Å². The summed E-state index contributed by atoms with van der Waals surface area (Å²) in [5.74, 6) is -2.79. The Kier molecular flexibility index (Phi) is 8.77. The first-order valence-corrected chi connectivity index (χ1v) is 7.83. The number of rotatable bonds is 5. The molecule has 0 saturated heterocycles. The lowest BCUT2D eigenvalue weighted by atomic mass is 10.2. The van der Waals surface area contributed by atoms with Crippen molar-refractivity contribution in [3.63, 3.8) is 0 Å². The minimum atomic E-state index is -1.82. The van der Waals surface area contributed by atoms with Crippen molar-refractivity contribution < 1.29 is 24.5 Å². The maximum absolute atomic E-state index is 9.10. The molecule has 2 aromatic rings. The number of aliphatic carboxylic acids is 2. The van der Waals surface area contributed by atoms with Crippen molar-refractivity contribution in [2.75, 3.05) is 7.11 Å². The highest BCUT2D eigenvalue weighted by Gasteiger charge is 2.04. The third-order valence-electron chi connectivity index (χ3n) is 3.02. The molecule has 25 heavy (non-hydrogen) atoms. The normalized spacial score (nSPS) is 9.72. The summed E-state index contributed by atoms with van der Waals surface area (Å²) in [6, 6.07) is 13.6. The number of carbonyl (C=O) groups is 2. The van der Waals surface area contributed by atoms with Crippen LogP contribution in [0.1, 0.15) is 11.1 Å². The molecule has 0 bridgehead atoms. The van der Waals surface area contributed by atoms with Crippen LogP contribution < -0.4 is 10.1 Å². The smallest absolute Gasteiger partial charge is 0.414 e. The van der Waals surface area contributed by atoms with Gasteiger partial charge in [0.15, 0.2) is 0 Å². The molecule has 0 fully saturated rings. The first-order chi connectivity index (χ1) is 11.8. The van der Waals surface area contributed by atoms with Gasteiger partial charge in [0.05, 0.1) is 17.2 Å². The summed E-state index contributed by atoms with van der Waals surface area (Å²) in [7, 11) is 1.66. The minimum absolute atomic E-state index is 0.588. The lowest BCUT2D eigenvalue weighted by Crippen LogP contribution is -2.12. The van der Waals surface area contributed by atoms with Crippen molar-refractivity contribution in [2.45, 2.75) is 13.1 Å². The topological polar surface area (TPSA) is 95.9 Å². The SMILES string of the molecule is COc1ccc(CNCc2cccc(Cl)c2Cl)cc1.O=C(O)C(=O)O. The second-order valence-electron chi connectivity index (χ2n) is 4.77. The molecular formula is C17H17Cl2NO5. The molecule has 8 heteroatoms. The van der Waals surface area contributed by atoms with Gasteiger partial charge in [-0.1, -0.05) is 47.5 Å². The fraction of sp³-hybridized carbons (Fsp3) is 0.176. The van der Waals surface area contributed by atoms with E-state index < -0.39 is 11.9 Å². The number of nitrogens with one attached hydrogen (secondary N) is 1. The highest BCUT2D eigenvalue weighted by Crippen LogP contribution is 2.25. The molecule has 0 spiro atoms. The Morgan fingerprint density at radius 1 is 1.00 bits per heavy atom. The van der Waals surface area contributed by atoms with Crippen LogP contribution in [0.5, 0.6) is 5.75 Å². The van der Waals surface area contributed by atoms with Gasteiger partial charge in [0.2, 0.25) is 0 Å². The van der Waals surface area contributed by atoms with Gasteiger partial charge in [0.25, 0.3) is 0 Å². The van der Waals surface area contributed by atoms with E-state index in [-0.39, 0.29) is 0 Å². The predicted molar refractivity (Wildman–Crippen MR) is 95.3 cm³/mol. The predicted octanol–water partition coefficient (Wildman–Crippen LogP) is 3.45. The number of hydrogen-bond acceptors (Lipinski definition) is 4. The largest absolute Gasteiger partial charge is 0.497 e. The monoisotopic (exact) mass is 385 g/mol. The lowest BCUT2D eigenvalue weighted by Gasteiger charge is -2.08. The zero-order chi connectivity index (χ0) is 18.8. The summed E-state index contributed by atoms with van der Waals surface area (Å²) in [5.41, 5.74) is 2.20. The molecule has 0 aliphatic rings. The summed E-state index contributed by atoms with van der Waals surface area (Å²) in [6.07, 6.45) is 0. The zero-order valence-electron chi connectivity index (χ0n) is 13.3. The Bertz CT molecular complexity index is 707. The molecule has 0 radical (unpaired) electrons. The van der Waals surface area contributed by atoms with E-state index in [1.807, 2.05) is 36.4 Å². The van der Waals surface area contributed by atoms with Gasteiger partial charge in [0.1, 0.15) is 5.75 Å². The van der Waals surface area contributed by atoms with Crippen LogP contribution in [0.15, 0.2) is 42.5 Å². The first kappa shape index (κ1) is 20.8. The molecule has 0 aliphatic carbocycles. The summed E-state index contributed by atoms with van der Waals surface area (Å²) in [5, 5.41) is 19.3. The van der Waals surface area contributed by atoms with Crippen LogP contribution >= 0.6 is 23.2 Å². The Morgan fingerprint density at radius 3 is 2.12 bits per heavy atom. The van der Waals surface area contributed by atoms with Crippen LogP contribution in [0.2, 0.25) is 10.0 Å². The second kappa shape index (κ2) is 10.6. The first-order valence-electron chi connectivity index (χ1n) is 7.08. The molecule has 2 aromatic carbocycles. The third kappa shape index (κ3) is 7.43. The summed E-state index contributed by atoms with van der Waals surface area (Å²) < 4.78 is 5.12. The van der Waals surface area contributed by atoms with Gasteiger partial charge in [-0.3, -0.25) is 0 Å². The lowest BCUT2D eigenvalue weighted by molar-refractivity contribution is -0.159. The van der Waals surface area contributed by atoms with E-state index in [1.165, 1.54) is 5.56 Å². The Morgan fingerprint density at radius 2 is 1.60 bits per heavy atom. The molecule has 0 atom stereocenters. The number of hydrogen-bond donors (Lipinski definition) is 3. The molecule has 0 amide bonds. The van der Waals surface area contributed by atoms with Crippen LogP contribution in [0.3, 0.4) is 0 Å². The third-order valence-corrected chi connectivity index (χ3v) is 3.88. The average molecular weight is 386 g/mol. The molecule has 0 heterocycles. The van der Waals surface area contributed by atoms with Crippen LogP contribution in [0.25, 0.3) is 0 Å². The summed E-state index contributed by atoms with van der Waals surface area (Å²) in [4.78, 5) is 18.2. The van der Waals surface area contributed by atoms with Crippen molar-refractivity contribution in [1.82, 2.24) is 5.32 Å². The van der Waals surface area contributed by atoms with E-state index >= 15 is 0 Å². The highest BCUT2D eigenvalue weighted by molar-refractivity contribution is 6.42. The molecule has 0 saturated carbocycles. The fourth-order valence-corrected chi connectivity index (χ4v) is 2.16. The Balaban J connectivity index is 0.000000450. The van der Waals surface area contributed by atoms with Crippen LogP contribution in [-0.4, -0.2) is 29.3 Å². The number of halogens is 2. The van der Waals surface area contributed by atoms with E-state index in [9.17, 15) is 0 Å². The minimum Gasteiger partial charge on any atom is -0.497 e. The van der Waals surface area contributed by atoms with E-state index in [0.29, 0.717) is 16.6 Å². The average Bonchev–Trinajstić information content (AvgIpc) is 2.59. The maximum atomic E-state index is 9.10. The number of carboxylic acids is 2. The van der Waals surface area contributed by atoms with Crippen molar-refractivity contribution in [3.05, 3.63) is 63.6 Å². The van der Waals surface area contributed by atoms with Crippen molar-refractivity contribution >= 4 is 35.1 Å².